The molecule has 22 heavy (non-hydrogen) atoms. The van der Waals surface area contributed by atoms with Crippen molar-refractivity contribution in [2.75, 3.05) is 7.11 Å². The molecule has 1 aromatic carbocycles. The number of aryl methyl sites for hydroxylation is 1. The highest BCUT2D eigenvalue weighted by molar-refractivity contribution is 7.90. The third-order valence-electron chi connectivity index (χ3n) is 2.84. The second-order valence-corrected chi connectivity index (χ2v) is 7.10. The first-order valence-corrected chi connectivity index (χ1v) is 8.94. The van der Waals surface area contributed by atoms with Crippen molar-refractivity contribution in [3.05, 3.63) is 40.3 Å². The summed E-state index contributed by atoms with van der Waals surface area (Å²) in [5, 5.41) is 2.68. The van der Waals surface area contributed by atoms with Crippen LogP contribution in [-0.4, -0.2) is 26.4 Å². The van der Waals surface area contributed by atoms with Crippen molar-refractivity contribution in [3.63, 3.8) is 0 Å². The Morgan fingerprint density at radius 3 is 2.82 bits per heavy atom. The smallest absolute Gasteiger partial charge is 0.264 e. The van der Waals surface area contributed by atoms with Crippen LogP contribution in [0.2, 0.25) is 0 Å². The lowest BCUT2D eigenvalue weighted by molar-refractivity contribution is -0.118. The standard InChI is InChI=1S/C14H16N2O4S2/c1-3-14-15-10(9-21-14)7-13(17)16-22(18,19)12-6-4-5-11(8-12)20-2/h4-6,8-9H,3,7H2,1-2H3,(H,16,17). The van der Waals surface area contributed by atoms with Gasteiger partial charge in [0.05, 0.1) is 29.1 Å². The van der Waals surface area contributed by atoms with Gasteiger partial charge in [0.1, 0.15) is 5.75 Å². The number of nitrogens with zero attached hydrogens (tertiary/aromatic N) is 1. The minimum atomic E-state index is -3.91. The Morgan fingerprint density at radius 2 is 2.18 bits per heavy atom. The third kappa shape index (κ3) is 4.05. The molecule has 0 aliphatic heterocycles. The van der Waals surface area contributed by atoms with Crippen molar-refractivity contribution in [1.29, 1.82) is 0 Å². The van der Waals surface area contributed by atoms with Crippen LogP contribution in [0, 0.1) is 0 Å². The number of amides is 1. The summed E-state index contributed by atoms with van der Waals surface area (Å²) in [4.78, 5) is 16.1. The van der Waals surface area contributed by atoms with E-state index in [9.17, 15) is 13.2 Å². The summed E-state index contributed by atoms with van der Waals surface area (Å²) in [6, 6.07) is 5.93. The molecule has 1 N–H and O–H groups in total. The van der Waals surface area contributed by atoms with Gasteiger partial charge in [0.15, 0.2) is 0 Å². The predicted molar refractivity (Wildman–Crippen MR) is 83.5 cm³/mol. The summed E-state index contributed by atoms with van der Waals surface area (Å²) in [7, 11) is -2.47. The Morgan fingerprint density at radius 1 is 1.41 bits per heavy atom. The van der Waals surface area contributed by atoms with Crippen LogP contribution >= 0.6 is 11.3 Å². The van der Waals surface area contributed by atoms with Crippen molar-refractivity contribution < 1.29 is 17.9 Å². The van der Waals surface area contributed by atoms with E-state index < -0.39 is 15.9 Å². The van der Waals surface area contributed by atoms with Gasteiger partial charge in [-0.05, 0) is 18.6 Å². The minimum Gasteiger partial charge on any atom is -0.497 e. The van der Waals surface area contributed by atoms with Gasteiger partial charge < -0.3 is 4.74 Å². The van der Waals surface area contributed by atoms with Crippen LogP contribution in [0.25, 0.3) is 0 Å². The highest BCUT2D eigenvalue weighted by atomic mass is 32.2. The van der Waals surface area contributed by atoms with Gasteiger partial charge in [-0.25, -0.2) is 18.1 Å². The molecule has 0 saturated carbocycles. The highest BCUT2D eigenvalue weighted by Crippen LogP contribution is 2.17. The molecule has 0 spiro atoms. The zero-order valence-electron chi connectivity index (χ0n) is 12.2. The van der Waals surface area contributed by atoms with Crippen molar-refractivity contribution in [3.8, 4) is 5.75 Å². The minimum absolute atomic E-state index is 0.0206. The SMILES string of the molecule is CCc1nc(CC(=O)NS(=O)(=O)c2cccc(OC)c2)cs1. The van der Waals surface area contributed by atoms with Crippen molar-refractivity contribution in [2.45, 2.75) is 24.7 Å². The number of thiazole rings is 1. The first kappa shape index (κ1) is 16.4. The monoisotopic (exact) mass is 340 g/mol. The number of sulfonamides is 1. The van der Waals surface area contributed by atoms with Crippen molar-refractivity contribution in [2.24, 2.45) is 0 Å². The molecule has 0 fully saturated rings. The van der Waals surface area contributed by atoms with Gasteiger partial charge in [-0.15, -0.1) is 11.3 Å². The lowest BCUT2D eigenvalue weighted by atomic mass is 10.3. The van der Waals surface area contributed by atoms with E-state index in [-0.39, 0.29) is 11.3 Å². The van der Waals surface area contributed by atoms with E-state index in [0.29, 0.717) is 11.4 Å². The number of ether oxygens (including phenoxy) is 1. The molecule has 2 aromatic rings. The summed E-state index contributed by atoms with van der Waals surface area (Å²) in [6.45, 7) is 1.97. The lowest BCUT2D eigenvalue weighted by Crippen LogP contribution is -2.31. The van der Waals surface area contributed by atoms with Gasteiger partial charge in [-0.3, -0.25) is 4.79 Å². The normalized spacial score (nSPS) is 11.2. The fraction of sp³-hybridized carbons (Fsp3) is 0.286. The molecule has 8 heteroatoms. The number of hydrogen-bond acceptors (Lipinski definition) is 6. The molecule has 0 bridgehead atoms. The number of nitrogens with one attached hydrogen (secondary N) is 1. The Labute approximate surface area is 133 Å². The topological polar surface area (TPSA) is 85.4 Å². The summed E-state index contributed by atoms with van der Waals surface area (Å²) in [6.07, 6.45) is 0.716. The van der Waals surface area contributed by atoms with E-state index in [1.165, 1.54) is 30.6 Å². The van der Waals surface area contributed by atoms with Crippen LogP contribution in [0.3, 0.4) is 0 Å². The fourth-order valence-corrected chi connectivity index (χ4v) is 3.53. The van der Waals surface area contributed by atoms with E-state index in [0.717, 1.165) is 11.4 Å². The molecule has 0 aliphatic carbocycles. The second kappa shape index (κ2) is 6.89. The number of rotatable bonds is 6. The zero-order chi connectivity index (χ0) is 16.2. The van der Waals surface area contributed by atoms with Crippen LogP contribution in [0.1, 0.15) is 17.6 Å². The molecular formula is C14H16N2O4S2. The number of methoxy groups -OCH3 is 1. The molecule has 1 amide bonds. The first-order chi connectivity index (χ1) is 10.4. The number of benzene rings is 1. The summed E-state index contributed by atoms with van der Waals surface area (Å²) < 4.78 is 31.3. The predicted octanol–water partition coefficient (Wildman–Crippen LogP) is 1.76. The number of carbonyl (C=O) groups is 1. The van der Waals surface area contributed by atoms with E-state index in [1.54, 1.807) is 17.5 Å². The van der Waals surface area contributed by atoms with E-state index >= 15 is 0 Å². The molecule has 118 valence electrons. The maximum Gasteiger partial charge on any atom is 0.264 e. The number of aromatic nitrogens is 1. The Hall–Kier alpha value is -1.93. The Bertz CT molecular complexity index is 769. The Kier molecular flexibility index (Phi) is 5.15. The van der Waals surface area contributed by atoms with E-state index in [1.807, 2.05) is 11.6 Å². The first-order valence-electron chi connectivity index (χ1n) is 6.57. The second-order valence-electron chi connectivity index (χ2n) is 4.47. The van der Waals surface area contributed by atoms with Crippen molar-refractivity contribution >= 4 is 27.3 Å². The average molecular weight is 340 g/mol. The Balaban J connectivity index is 2.08. The largest absolute Gasteiger partial charge is 0.497 e. The maximum atomic E-state index is 12.2. The van der Waals surface area contributed by atoms with Crippen LogP contribution < -0.4 is 9.46 Å². The van der Waals surface area contributed by atoms with Crippen LogP contribution in [-0.2, 0) is 27.7 Å². The molecule has 0 aliphatic rings. The third-order valence-corrected chi connectivity index (χ3v) is 5.26. The average Bonchev–Trinajstić information content (AvgIpc) is 2.94. The number of hydrogen-bond donors (Lipinski definition) is 1. The van der Waals surface area contributed by atoms with E-state index in [2.05, 4.69) is 4.98 Å². The molecule has 0 atom stereocenters. The quantitative estimate of drug-likeness (QED) is 0.866. The highest BCUT2D eigenvalue weighted by Gasteiger charge is 2.19. The molecule has 2 rings (SSSR count). The van der Waals surface area contributed by atoms with Crippen LogP contribution in [0.15, 0.2) is 34.5 Å². The molecule has 1 heterocycles. The molecular weight excluding hydrogens is 324 g/mol. The van der Waals surface area contributed by atoms with Crippen LogP contribution in [0.5, 0.6) is 5.75 Å². The number of carbonyl (C=O) groups excluding carboxylic acids is 1. The van der Waals surface area contributed by atoms with Gasteiger partial charge in [0, 0.05) is 11.4 Å². The van der Waals surface area contributed by atoms with Gasteiger partial charge in [-0.2, -0.15) is 0 Å². The fourth-order valence-electron chi connectivity index (χ4n) is 1.77. The van der Waals surface area contributed by atoms with Gasteiger partial charge in [0.2, 0.25) is 5.91 Å². The lowest BCUT2D eigenvalue weighted by Gasteiger charge is -2.07. The maximum absolute atomic E-state index is 12.2. The molecule has 0 saturated heterocycles. The summed E-state index contributed by atoms with van der Waals surface area (Å²) in [5.74, 6) is -0.210. The molecule has 0 unspecified atom stereocenters. The summed E-state index contributed by atoms with van der Waals surface area (Å²) in [5.41, 5.74) is 0.570. The zero-order valence-corrected chi connectivity index (χ0v) is 13.8. The van der Waals surface area contributed by atoms with Gasteiger partial charge >= 0.3 is 0 Å². The molecule has 0 radical (unpaired) electrons. The molecule has 1 aromatic heterocycles. The van der Waals surface area contributed by atoms with E-state index in [4.69, 9.17) is 4.74 Å². The van der Waals surface area contributed by atoms with Crippen molar-refractivity contribution in [1.82, 2.24) is 9.71 Å². The molecule has 6 nitrogen and oxygen atoms in total. The van der Waals surface area contributed by atoms with Gasteiger partial charge in [-0.1, -0.05) is 13.0 Å². The van der Waals surface area contributed by atoms with Crippen LogP contribution in [0.4, 0.5) is 0 Å². The van der Waals surface area contributed by atoms with Gasteiger partial charge in [0.25, 0.3) is 10.0 Å². The summed E-state index contributed by atoms with van der Waals surface area (Å²) >= 11 is 1.45.